The predicted molar refractivity (Wildman–Crippen MR) is 291 cm³/mol. The van der Waals surface area contributed by atoms with Crippen LogP contribution in [0, 0.1) is 0 Å². The summed E-state index contributed by atoms with van der Waals surface area (Å²) in [6.45, 7) is 7.86. The number of furan rings is 1. The fourth-order valence-electron chi connectivity index (χ4n) is 4.67. The van der Waals surface area contributed by atoms with E-state index in [-0.39, 0.29) is 52.0 Å². The third kappa shape index (κ3) is 43.6. The zero-order chi connectivity index (χ0) is 43.6. The van der Waals surface area contributed by atoms with Gasteiger partial charge in [-0.05, 0) is 127 Å². The Morgan fingerprint density at radius 3 is 1.67 bits per heavy atom. The molecule has 0 spiro atoms. The van der Waals surface area contributed by atoms with Crippen LogP contribution in [0.3, 0.4) is 0 Å². The maximum atomic E-state index is 5.17. The number of thiophene rings is 1. The molecule has 0 aliphatic rings. The average Bonchev–Trinajstić information content (AvgIpc) is 4.09. The molecule has 0 saturated heterocycles. The number of aromatic nitrogens is 2. The van der Waals surface area contributed by atoms with Crippen molar-refractivity contribution in [1.29, 1.82) is 0 Å². The van der Waals surface area contributed by atoms with E-state index < -0.39 is 0 Å². The average molecular weight is 955 g/mol. The number of hydrogen-bond donors (Lipinski definition) is 6. The molecule has 15 heteroatoms. The summed E-state index contributed by atoms with van der Waals surface area (Å²) in [6.07, 6.45) is 9.50. The van der Waals surface area contributed by atoms with Gasteiger partial charge in [-0.2, -0.15) is 0 Å². The predicted octanol–water partition coefficient (Wildman–Crippen LogP) is 10.5. The molecule has 66 heavy (non-hydrogen) atoms. The van der Waals surface area contributed by atoms with E-state index in [1.54, 1.807) is 52.2 Å². The molecule has 388 valence electrons. The van der Waals surface area contributed by atoms with Crippen LogP contribution in [0.15, 0.2) is 102 Å². The summed E-state index contributed by atoms with van der Waals surface area (Å²) < 4.78 is 32.1. The highest BCUT2D eigenvalue weighted by Gasteiger charge is 2.03. The van der Waals surface area contributed by atoms with Crippen molar-refractivity contribution in [3.05, 3.63) is 119 Å². The van der Waals surface area contributed by atoms with E-state index in [9.17, 15) is 0 Å². The first kappa shape index (κ1) is 78.8. The molecule has 0 saturated carbocycles. The van der Waals surface area contributed by atoms with Crippen LogP contribution in [0.5, 0.6) is 17.2 Å². The van der Waals surface area contributed by atoms with Crippen molar-refractivity contribution in [2.45, 2.75) is 97.6 Å². The fourth-order valence-corrected chi connectivity index (χ4v) is 5.38. The molecule has 0 bridgehead atoms. The third-order valence-electron chi connectivity index (χ3n) is 7.55. The van der Waals surface area contributed by atoms with Crippen molar-refractivity contribution in [1.82, 2.24) is 41.5 Å². The molecule has 5 rings (SSSR count). The lowest BCUT2D eigenvalue weighted by Crippen LogP contribution is -2.10. The van der Waals surface area contributed by atoms with E-state index in [2.05, 4.69) is 75.8 Å². The summed E-state index contributed by atoms with van der Waals surface area (Å²) >= 11 is 1.78. The van der Waals surface area contributed by atoms with Crippen LogP contribution in [0.4, 0.5) is 0 Å². The standard InChI is InChI=1S/C10H15NO2.C9H13NO.C7H13N3.C6H15NO2.C6H9NO.C6H9NS.7CH4/c1-11-7-8-4-5-9(12-2)10(6-8)13-3;1-10-7-8-3-5-9(11-2)6-4-8;1-8-3-2-5-10-6-4-9-7-10;1-7-4-3-5-9-6-8-2;2*1-7-5-6-3-2-4-8-6;;;;;;;/h4-6,11H,7H2,1-3H3;3-6,10H,7H2,1-2H3;4,6-8H,2-3,5H2,1H3;7H,3-6H2,1-2H3;2*2-4,7H,5H2,1H3;7*1H4. The molecule has 0 fully saturated rings. The summed E-state index contributed by atoms with van der Waals surface area (Å²) in [5, 5.41) is 20.4. The second-order valence-corrected chi connectivity index (χ2v) is 13.4. The summed E-state index contributed by atoms with van der Waals surface area (Å²) in [5.74, 6) is 3.43. The lowest BCUT2D eigenvalue weighted by molar-refractivity contribution is -0.0308. The van der Waals surface area contributed by atoms with Gasteiger partial charge in [0.25, 0.3) is 0 Å². The minimum absolute atomic E-state index is 0. The third-order valence-corrected chi connectivity index (χ3v) is 8.43. The van der Waals surface area contributed by atoms with E-state index in [4.69, 9.17) is 23.4 Å². The van der Waals surface area contributed by atoms with Crippen molar-refractivity contribution >= 4 is 11.3 Å². The Kier molecular flexibility index (Phi) is 70.2. The molecule has 0 unspecified atom stereocenters. The van der Waals surface area contributed by atoms with Gasteiger partial charge in [0.15, 0.2) is 11.5 Å². The first-order valence-electron chi connectivity index (χ1n) is 19.7. The molecule has 0 aliphatic heterocycles. The first-order chi connectivity index (χ1) is 28.9. The smallest absolute Gasteiger partial charge is 0.161 e. The number of rotatable bonds is 21. The van der Waals surface area contributed by atoms with Crippen LogP contribution < -0.4 is 46.1 Å². The highest BCUT2D eigenvalue weighted by molar-refractivity contribution is 7.09. The quantitative estimate of drug-likeness (QED) is 0.0306. The molecule has 5 aromatic rings. The second kappa shape index (κ2) is 58.7. The van der Waals surface area contributed by atoms with E-state index in [0.717, 1.165) is 88.3 Å². The zero-order valence-electron chi connectivity index (χ0n) is 37.3. The Balaban J connectivity index is -0.000000101. The molecule has 0 aliphatic carbocycles. The van der Waals surface area contributed by atoms with Gasteiger partial charge in [0.05, 0.1) is 47.1 Å². The Bertz CT molecular complexity index is 1500. The van der Waals surface area contributed by atoms with Crippen LogP contribution in [0.2, 0.25) is 0 Å². The first-order valence-corrected chi connectivity index (χ1v) is 20.6. The van der Waals surface area contributed by atoms with E-state index in [1.165, 1.54) is 16.0 Å². The van der Waals surface area contributed by atoms with Gasteiger partial charge in [0.2, 0.25) is 0 Å². The van der Waals surface area contributed by atoms with E-state index >= 15 is 0 Å². The van der Waals surface area contributed by atoms with Gasteiger partial charge < -0.3 is 64.6 Å². The summed E-state index contributed by atoms with van der Waals surface area (Å²) in [7, 11) is 18.2. The molecular formula is C51H102N8O6S. The van der Waals surface area contributed by atoms with Crippen molar-refractivity contribution in [3.8, 4) is 17.2 Å². The number of imidazole rings is 1. The minimum Gasteiger partial charge on any atom is -0.497 e. The highest BCUT2D eigenvalue weighted by atomic mass is 32.1. The fraction of sp³-hybridized carbons (Fsp3) is 0.549. The molecule has 3 aromatic heterocycles. The van der Waals surface area contributed by atoms with Gasteiger partial charge in [-0.25, -0.2) is 4.98 Å². The molecule has 6 N–H and O–H groups in total. The monoisotopic (exact) mass is 955 g/mol. The van der Waals surface area contributed by atoms with Crippen molar-refractivity contribution in [2.75, 3.05) is 97.2 Å². The Morgan fingerprint density at radius 1 is 0.606 bits per heavy atom. The van der Waals surface area contributed by atoms with Crippen LogP contribution in [0.1, 0.15) is 86.6 Å². The second-order valence-electron chi connectivity index (χ2n) is 12.3. The molecule has 3 heterocycles. The number of hydrogen-bond acceptors (Lipinski definition) is 14. The van der Waals surface area contributed by atoms with Gasteiger partial charge >= 0.3 is 0 Å². The van der Waals surface area contributed by atoms with Crippen LogP contribution in [-0.4, -0.2) is 107 Å². The number of methoxy groups -OCH3 is 4. The van der Waals surface area contributed by atoms with Crippen molar-refractivity contribution in [3.63, 3.8) is 0 Å². The van der Waals surface area contributed by atoms with Gasteiger partial charge in [-0.1, -0.05) is 76.3 Å². The molecule has 14 nitrogen and oxygen atoms in total. The lowest BCUT2D eigenvalue weighted by Gasteiger charge is -2.08. The molecule has 0 atom stereocenters. The Hall–Kier alpha value is -4.29. The van der Waals surface area contributed by atoms with Gasteiger partial charge in [0, 0.05) is 50.6 Å². The minimum atomic E-state index is 0. The SMILES string of the molecule is C.C.C.C.C.C.C.CNCCCOCOC.CNCCCn1ccnc1.CNCc1ccc(OC)c(OC)c1.CNCc1ccc(OC)cc1.CNCc1ccco1.CNCc1cccs1. The largest absolute Gasteiger partial charge is 0.497 e. The van der Waals surface area contributed by atoms with Crippen molar-refractivity contribution in [2.24, 2.45) is 0 Å². The van der Waals surface area contributed by atoms with E-state index in [1.807, 2.05) is 97.3 Å². The topological polar surface area (TPSA) is 149 Å². The Labute approximate surface area is 410 Å². The number of aryl methyl sites for hydroxylation is 1. The maximum absolute atomic E-state index is 5.17. The summed E-state index contributed by atoms with van der Waals surface area (Å²) in [5.41, 5.74) is 2.45. The van der Waals surface area contributed by atoms with Gasteiger partial charge in [-0.3, -0.25) is 0 Å². The lowest BCUT2D eigenvalue weighted by atomic mass is 10.2. The normalized spacial score (nSPS) is 8.76. The molecule has 0 radical (unpaired) electrons. The Morgan fingerprint density at radius 2 is 1.20 bits per heavy atom. The van der Waals surface area contributed by atoms with Crippen LogP contribution in [-0.2, 0) is 42.2 Å². The molecule has 2 aromatic carbocycles. The summed E-state index contributed by atoms with van der Waals surface area (Å²) in [6, 6.07) is 21.9. The maximum Gasteiger partial charge on any atom is 0.161 e. The number of ether oxygens (including phenoxy) is 5. The zero-order valence-corrected chi connectivity index (χ0v) is 38.1. The van der Waals surface area contributed by atoms with Crippen LogP contribution in [0.25, 0.3) is 0 Å². The van der Waals surface area contributed by atoms with E-state index in [0.29, 0.717) is 6.79 Å². The molecular weight excluding hydrogens is 853 g/mol. The summed E-state index contributed by atoms with van der Waals surface area (Å²) in [4.78, 5) is 5.34. The molecule has 0 amide bonds. The van der Waals surface area contributed by atoms with Gasteiger partial charge in [0.1, 0.15) is 18.3 Å². The number of benzene rings is 2. The number of nitrogens with zero attached hydrogens (tertiary/aromatic N) is 2. The number of nitrogens with one attached hydrogen (secondary N) is 6. The van der Waals surface area contributed by atoms with Crippen LogP contribution >= 0.6 is 11.3 Å². The highest BCUT2D eigenvalue weighted by Crippen LogP contribution is 2.27. The van der Waals surface area contributed by atoms with Crippen molar-refractivity contribution < 1.29 is 28.1 Å². The van der Waals surface area contributed by atoms with Gasteiger partial charge in [-0.15, -0.1) is 11.3 Å².